The van der Waals surface area contributed by atoms with Crippen molar-refractivity contribution in [3.63, 3.8) is 0 Å². The third-order valence-electron chi connectivity index (χ3n) is 4.51. The van der Waals surface area contributed by atoms with Crippen LogP contribution >= 0.6 is 0 Å². The zero-order valence-electron chi connectivity index (χ0n) is 18.0. The highest BCUT2D eigenvalue weighted by Gasteiger charge is 2.13. The van der Waals surface area contributed by atoms with Crippen LogP contribution in [0.25, 0.3) is 0 Å². The van der Waals surface area contributed by atoms with E-state index in [1.807, 2.05) is 39.8 Å². The molecule has 0 unspecified atom stereocenters. The molecule has 6 nitrogen and oxygen atoms in total. The van der Waals surface area contributed by atoms with E-state index in [0.717, 1.165) is 28.8 Å². The first-order valence-corrected chi connectivity index (χ1v) is 10.1. The summed E-state index contributed by atoms with van der Waals surface area (Å²) in [6.45, 7) is 8.07. The number of ketones is 1. The van der Waals surface area contributed by atoms with E-state index in [0.29, 0.717) is 17.9 Å². The van der Waals surface area contributed by atoms with Crippen LogP contribution < -0.4 is 10.1 Å². The molecular formula is C24H29NO5. The Labute approximate surface area is 177 Å². The van der Waals surface area contributed by atoms with Gasteiger partial charge >= 0.3 is 5.97 Å². The number of rotatable bonds is 10. The van der Waals surface area contributed by atoms with Crippen molar-refractivity contribution < 1.29 is 23.9 Å². The lowest BCUT2D eigenvalue weighted by atomic mass is 10.1. The molecule has 0 bridgehead atoms. The number of aryl methyl sites for hydroxylation is 3. The minimum absolute atomic E-state index is 0.0196. The summed E-state index contributed by atoms with van der Waals surface area (Å²) in [5.41, 5.74) is 4.24. The predicted octanol–water partition coefficient (Wildman–Crippen LogP) is 4.55. The molecule has 0 atom stereocenters. The molecule has 30 heavy (non-hydrogen) atoms. The Kier molecular flexibility index (Phi) is 8.59. The molecule has 0 saturated heterocycles. The summed E-state index contributed by atoms with van der Waals surface area (Å²) < 4.78 is 10.5. The van der Waals surface area contributed by atoms with Crippen molar-refractivity contribution in [3.8, 4) is 5.75 Å². The van der Waals surface area contributed by atoms with E-state index in [1.54, 1.807) is 24.3 Å². The van der Waals surface area contributed by atoms with Crippen LogP contribution in [-0.4, -0.2) is 30.9 Å². The van der Waals surface area contributed by atoms with Crippen LogP contribution in [0.2, 0.25) is 0 Å². The van der Waals surface area contributed by atoms with Crippen LogP contribution in [0, 0.1) is 20.8 Å². The topological polar surface area (TPSA) is 81.7 Å². The molecule has 6 heteroatoms. The van der Waals surface area contributed by atoms with Gasteiger partial charge in [-0.3, -0.25) is 14.4 Å². The Morgan fingerprint density at radius 1 is 0.933 bits per heavy atom. The molecule has 0 fully saturated rings. The minimum atomic E-state index is -0.584. The van der Waals surface area contributed by atoms with Crippen LogP contribution in [0.15, 0.2) is 36.4 Å². The number of esters is 1. The van der Waals surface area contributed by atoms with Gasteiger partial charge in [-0.25, -0.2) is 0 Å². The predicted molar refractivity (Wildman–Crippen MR) is 116 cm³/mol. The molecule has 0 aromatic heterocycles. The SMILES string of the molecule is CCCOc1ccc(C(=O)CCC(=O)OCC(=O)Nc2c(C)cc(C)cc2C)cc1. The highest BCUT2D eigenvalue weighted by atomic mass is 16.5. The van der Waals surface area contributed by atoms with Gasteiger partial charge in [0.1, 0.15) is 5.75 Å². The van der Waals surface area contributed by atoms with Gasteiger partial charge in [0.2, 0.25) is 0 Å². The van der Waals surface area contributed by atoms with E-state index in [4.69, 9.17) is 9.47 Å². The number of benzene rings is 2. The molecule has 0 spiro atoms. The molecule has 0 heterocycles. The summed E-state index contributed by atoms with van der Waals surface area (Å²) in [7, 11) is 0. The smallest absolute Gasteiger partial charge is 0.306 e. The van der Waals surface area contributed by atoms with E-state index < -0.39 is 11.9 Å². The molecule has 160 valence electrons. The molecule has 2 aromatic rings. The average Bonchev–Trinajstić information content (AvgIpc) is 2.71. The van der Waals surface area contributed by atoms with E-state index in [2.05, 4.69) is 5.32 Å². The fourth-order valence-electron chi connectivity index (χ4n) is 3.09. The first-order chi connectivity index (χ1) is 14.3. The second-order valence-electron chi connectivity index (χ2n) is 7.28. The van der Waals surface area contributed by atoms with Gasteiger partial charge < -0.3 is 14.8 Å². The largest absolute Gasteiger partial charge is 0.494 e. The van der Waals surface area contributed by atoms with Crippen LogP contribution in [0.1, 0.15) is 53.2 Å². The Bertz CT molecular complexity index is 879. The van der Waals surface area contributed by atoms with Crippen LogP contribution in [0.5, 0.6) is 5.75 Å². The number of hydrogen-bond acceptors (Lipinski definition) is 5. The first kappa shape index (κ1) is 23.1. The lowest BCUT2D eigenvalue weighted by Crippen LogP contribution is -2.22. The molecular weight excluding hydrogens is 382 g/mol. The molecule has 0 aliphatic rings. The first-order valence-electron chi connectivity index (χ1n) is 10.1. The number of amides is 1. The molecule has 2 aromatic carbocycles. The second-order valence-corrected chi connectivity index (χ2v) is 7.28. The summed E-state index contributed by atoms with van der Waals surface area (Å²) in [6, 6.07) is 10.8. The van der Waals surface area contributed by atoms with E-state index in [9.17, 15) is 14.4 Å². The molecule has 0 aliphatic heterocycles. The number of carbonyl (C=O) groups is 3. The van der Waals surface area contributed by atoms with Gasteiger partial charge in [0.15, 0.2) is 12.4 Å². The lowest BCUT2D eigenvalue weighted by Gasteiger charge is -2.13. The molecule has 2 rings (SSSR count). The number of Topliss-reactive ketones (excluding diaryl/α,β-unsaturated/α-hetero) is 1. The van der Waals surface area contributed by atoms with Gasteiger partial charge in [0.05, 0.1) is 13.0 Å². The zero-order valence-corrected chi connectivity index (χ0v) is 18.0. The van der Waals surface area contributed by atoms with Gasteiger partial charge in [-0.05, 0) is 62.6 Å². The molecule has 0 radical (unpaired) electrons. The summed E-state index contributed by atoms with van der Waals surface area (Å²) in [6.07, 6.45) is 0.847. The second kappa shape index (κ2) is 11.1. The fourth-order valence-corrected chi connectivity index (χ4v) is 3.09. The van der Waals surface area contributed by atoms with Crippen LogP contribution in [-0.2, 0) is 14.3 Å². The third-order valence-corrected chi connectivity index (χ3v) is 4.51. The van der Waals surface area contributed by atoms with Crippen molar-refractivity contribution in [2.24, 2.45) is 0 Å². The standard InChI is InChI=1S/C24H29NO5/c1-5-12-29-20-8-6-19(7-9-20)21(26)10-11-23(28)30-15-22(27)25-24-17(3)13-16(2)14-18(24)4/h6-9,13-14H,5,10-12,15H2,1-4H3,(H,25,27). The highest BCUT2D eigenvalue weighted by Crippen LogP contribution is 2.21. The quantitative estimate of drug-likeness (QED) is 0.458. The van der Waals surface area contributed by atoms with Gasteiger partial charge in [-0.1, -0.05) is 24.6 Å². The van der Waals surface area contributed by atoms with Crippen LogP contribution in [0.4, 0.5) is 5.69 Å². The van der Waals surface area contributed by atoms with Gasteiger partial charge in [-0.2, -0.15) is 0 Å². The Balaban J connectivity index is 1.76. The lowest BCUT2D eigenvalue weighted by molar-refractivity contribution is -0.147. The molecule has 1 N–H and O–H groups in total. The van der Waals surface area contributed by atoms with Crippen molar-refractivity contribution >= 4 is 23.3 Å². The maximum atomic E-state index is 12.2. The van der Waals surface area contributed by atoms with Gasteiger partial charge in [0.25, 0.3) is 5.91 Å². The van der Waals surface area contributed by atoms with Crippen LogP contribution in [0.3, 0.4) is 0 Å². The monoisotopic (exact) mass is 411 g/mol. The average molecular weight is 411 g/mol. The Morgan fingerprint density at radius 3 is 2.17 bits per heavy atom. The van der Waals surface area contributed by atoms with Crippen molar-refractivity contribution in [2.45, 2.75) is 47.0 Å². The number of carbonyl (C=O) groups excluding carboxylic acids is 3. The van der Waals surface area contributed by atoms with Gasteiger partial charge in [-0.15, -0.1) is 0 Å². The number of hydrogen-bond donors (Lipinski definition) is 1. The van der Waals surface area contributed by atoms with Crippen molar-refractivity contribution in [2.75, 3.05) is 18.5 Å². The number of nitrogens with one attached hydrogen (secondary N) is 1. The minimum Gasteiger partial charge on any atom is -0.494 e. The maximum absolute atomic E-state index is 12.2. The highest BCUT2D eigenvalue weighted by molar-refractivity contribution is 5.98. The summed E-state index contributed by atoms with van der Waals surface area (Å²) in [5, 5.41) is 2.78. The zero-order chi connectivity index (χ0) is 22.1. The molecule has 0 saturated carbocycles. The molecule has 0 aliphatic carbocycles. The summed E-state index contributed by atoms with van der Waals surface area (Å²) in [5.74, 6) is -0.451. The summed E-state index contributed by atoms with van der Waals surface area (Å²) in [4.78, 5) is 36.2. The summed E-state index contributed by atoms with van der Waals surface area (Å²) >= 11 is 0. The van der Waals surface area contributed by atoms with Crippen molar-refractivity contribution in [3.05, 3.63) is 58.7 Å². The van der Waals surface area contributed by atoms with E-state index in [1.165, 1.54) is 0 Å². The van der Waals surface area contributed by atoms with Crippen molar-refractivity contribution in [1.82, 2.24) is 0 Å². The molecule has 1 amide bonds. The fraction of sp³-hybridized carbons (Fsp3) is 0.375. The van der Waals surface area contributed by atoms with E-state index in [-0.39, 0.29) is 25.2 Å². The van der Waals surface area contributed by atoms with E-state index >= 15 is 0 Å². The Hall–Kier alpha value is -3.15. The number of ether oxygens (including phenoxy) is 2. The van der Waals surface area contributed by atoms with Gasteiger partial charge in [0, 0.05) is 17.7 Å². The third kappa shape index (κ3) is 7.03. The number of anilines is 1. The Morgan fingerprint density at radius 2 is 1.57 bits per heavy atom. The maximum Gasteiger partial charge on any atom is 0.306 e. The normalized spacial score (nSPS) is 10.4. The van der Waals surface area contributed by atoms with Crippen molar-refractivity contribution in [1.29, 1.82) is 0 Å².